The van der Waals surface area contributed by atoms with Gasteiger partial charge in [-0.05, 0) is 66.2 Å². The van der Waals surface area contributed by atoms with E-state index in [1.165, 1.54) is 24.1 Å². The largest absolute Gasteiger partial charge is 0.364 e. The lowest BCUT2D eigenvalue weighted by molar-refractivity contribution is 0.428. The van der Waals surface area contributed by atoms with E-state index in [1.54, 1.807) is 0 Å². The van der Waals surface area contributed by atoms with E-state index in [4.69, 9.17) is 0 Å². The number of piperidine rings is 1. The summed E-state index contributed by atoms with van der Waals surface area (Å²) in [5.74, 6) is 0.697. The summed E-state index contributed by atoms with van der Waals surface area (Å²) in [4.78, 5) is 2.53. The molecule has 128 valence electrons. The molecule has 0 bridgehead atoms. The van der Waals surface area contributed by atoms with E-state index in [0.29, 0.717) is 11.9 Å². The number of aromatic nitrogens is 4. The van der Waals surface area contributed by atoms with E-state index in [2.05, 4.69) is 85.4 Å². The molecule has 2 aromatic carbocycles. The van der Waals surface area contributed by atoms with Gasteiger partial charge in [0, 0.05) is 23.8 Å². The van der Waals surface area contributed by atoms with Crippen molar-refractivity contribution in [3.05, 3.63) is 60.2 Å². The van der Waals surface area contributed by atoms with Gasteiger partial charge < -0.3 is 10.2 Å². The van der Waals surface area contributed by atoms with Crippen LogP contribution < -0.4 is 10.2 Å². The van der Waals surface area contributed by atoms with Crippen LogP contribution in [0, 0.1) is 0 Å². The Morgan fingerprint density at radius 2 is 1.72 bits per heavy atom. The number of hydrogen-bond donors (Lipinski definition) is 2. The second kappa shape index (κ2) is 7.44. The van der Waals surface area contributed by atoms with Crippen molar-refractivity contribution in [1.29, 1.82) is 0 Å². The molecule has 6 nitrogen and oxygen atoms in total. The molecule has 2 heterocycles. The van der Waals surface area contributed by atoms with Gasteiger partial charge in [0.25, 0.3) is 0 Å². The van der Waals surface area contributed by atoms with Crippen molar-refractivity contribution in [3.63, 3.8) is 0 Å². The number of anilines is 1. The van der Waals surface area contributed by atoms with Crippen LogP contribution in [0.25, 0.3) is 11.4 Å². The molecular formula is C19H22N6. The lowest BCUT2D eigenvalue weighted by atomic mass is 10.0. The first-order valence-corrected chi connectivity index (χ1v) is 8.75. The molecule has 0 spiro atoms. The summed E-state index contributed by atoms with van der Waals surface area (Å²) in [5, 5.41) is 17.5. The van der Waals surface area contributed by atoms with Crippen LogP contribution in [0.2, 0.25) is 0 Å². The van der Waals surface area contributed by atoms with Crippen LogP contribution >= 0.6 is 0 Å². The standard InChI is InChI=1S/C19H22N6/c1-2-4-15(5-3-1)14-25(18-10-12-20-13-11-18)17-8-6-16(7-9-17)19-21-23-24-22-19/h1-9,18,20H,10-14H2,(H,21,22,23,24). The summed E-state index contributed by atoms with van der Waals surface area (Å²) in [6.45, 7) is 3.09. The molecule has 25 heavy (non-hydrogen) atoms. The van der Waals surface area contributed by atoms with Crippen LogP contribution in [0.3, 0.4) is 0 Å². The van der Waals surface area contributed by atoms with Crippen molar-refractivity contribution in [3.8, 4) is 11.4 Å². The monoisotopic (exact) mass is 334 g/mol. The number of rotatable bonds is 5. The maximum absolute atomic E-state index is 3.98. The summed E-state index contributed by atoms with van der Waals surface area (Å²) in [6.07, 6.45) is 2.33. The van der Waals surface area contributed by atoms with E-state index in [-0.39, 0.29) is 0 Å². The first kappa shape index (κ1) is 15.8. The van der Waals surface area contributed by atoms with E-state index in [9.17, 15) is 0 Å². The average Bonchev–Trinajstić information content (AvgIpc) is 3.23. The molecule has 4 rings (SSSR count). The quantitative estimate of drug-likeness (QED) is 0.751. The molecule has 3 aromatic rings. The van der Waals surface area contributed by atoms with Crippen molar-refractivity contribution < 1.29 is 0 Å². The molecule has 1 saturated heterocycles. The van der Waals surface area contributed by atoms with Crippen molar-refractivity contribution in [2.75, 3.05) is 18.0 Å². The number of nitrogens with zero attached hydrogens (tertiary/aromatic N) is 4. The summed E-state index contributed by atoms with van der Waals surface area (Å²) >= 11 is 0. The summed E-state index contributed by atoms with van der Waals surface area (Å²) in [5.41, 5.74) is 3.58. The Morgan fingerprint density at radius 3 is 2.40 bits per heavy atom. The van der Waals surface area contributed by atoms with Crippen LogP contribution in [0.1, 0.15) is 18.4 Å². The van der Waals surface area contributed by atoms with Gasteiger partial charge >= 0.3 is 0 Å². The van der Waals surface area contributed by atoms with Crippen LogP contribution in [-0.2, 0) is 6.54 Å². The Kier molecular flexibility index (Phi) is 4.70. The second-order valence-corrected chi connectivity index (χ2v) is 6.39. The van der Waals surface area contributed by atoms with Gasteiger partial charge in [0.15, 0.2) is 5.82 Å². The Bertz CT molecular complexity index is 763. The summed E-state index contributed by atoms with van der Waals surface area (Å²) in [6, 6.07) is 19.7. The zero-order chi connectivity index (χ0) is 16.9. The zero-order valence-electron chi connectivity index (χ0n) is 14.1. The maximum atomic E-state index is 3.98. The maximum Gasteiger partial charge on any atom is 0.179 e. The lowest BCUT2D eigenvalue weighted by Gasteiger charge is -2.36. The van der Waals surface area contributed by atoms with Gasteiger partial charge in [-0.15, -0.1) is 5.10 Å². The molecule has 0 radical (unpaired) electrons. The minimum absolute atomic E-state index is 0.555. The minimum Gasteiger partial charge on any atom is -0.364 e. The first-order chi connectivity index (χ1) is 12.4. The van der Waals surface area contributed by atoms with Crippen LogP contribution in [0.5, 0.6) is 0 Å². The Hall–Kier alpha value is -2.73. The van der Waals surface area contributed by atoms with Gasteiger partial charge in [0.1, 0.15) is 0 Å². The third-order valence-electron chi connectivity index (χ3n) is 4.76. The number of aromatic amines is 1. The topological polar surface area (TPSA) is 69.7 Å². The van der Waals surface area contributed by atoms with Gasteiger partial charge in [-0.1, -0.05) is 30.3 Å². The van der Waals surface area contributed by atoms with E-state index < -0.39 is 0 Å². The molecule has 1 fully saturated rings. The molecule has 0 amide bonds. The smallest absolute Gasteiger partial charge is 0.179 e. The highest BCUT2D eigenvalue weighted by atomic mass is 15.5. The summed E-state index contributed by atoms with van der Waals surface area (Å²) < 4.78 is 0. The normalized spacial score (nSPS) is 15.2. The highest BCUT2D eigenvalue weighted by Gasteiger charge is 2.21. The van der Waals surface area contributed by atoms with Crippen LogP contribution in [-0.4, -0.2) is 39.8 Å². The van der Waals surface area contributed by atoms with Crippen molar-refractivity contribution >= 4 is 5.69 Å². The second-order valence-electron chi connectivity index (χ2n) is 6.39. The lowest BCUT2D eigenvalue weighted by Crippen LogP contribution is -2.43. The predicted octanol–water partition coefficient (Wildman–Crippen LogP) is 2.63. The third kappa shape index (κ3) is 3.69. The van der Waals surface area contributed by atoms with E-state index >= 15 is 0 Å². The van der Waals surface area contributed by atoms with Gasteiger partial charge in [0.2, 0.25) is 0 Å². The Balaban J connectivity index is 1.60. The molecule has 2 N–H and O–H groups in total. The highest BCUT2D eigenvalue weighted by Crippen LogP contribution is 2.26. The molecule has 0 unspecified atom stereocenters. The van der Waals surface area contributed by atoms with E-state index in [1.807, 2.05) is 0 Å². The van der Waals surface area contributed by atoms with Crippen LogP contribution in [0.4, 0.5) is 5.69 Å². The third-order valence-corrected chi connectivity index (χ3v) is 4.76. The van der Waals surface area contributed by atoms with Gasteiger partial charge in [0.05, 0.1) is 0 Å². The molecule has 0 saturated carbocycles. The highest BCUT2D eigenvalue weighted by molar-refractivity contribution is 5.60. The minimum atomic E-state index is 0.555. The number of H-pyrrole nitrogens is 1. The van der Waals surface area contributed by atoms with Gasteiger partial charge in [-0.2, -0.15) is 0 Å². The number of nitrogens with one attached hydrogen (secondary N) is 2. The Labute approximate surface area is 147 Å². The van der Waals surface area contributed by atoms with Crippen LogP contribution in [0.15, 0.2) is 54.6 Å². The molecule has 1 aliphatic heterocycles. The molecule has 1 aliphatic rings. The molecule has 1 aromatic heterocycles. The summed E-state index contributed by atoms with van der Waals surface area (Å²) in [7, 11) is 0. The number of hydrogen-bond acceptors (Lipinski definition) is 5. The average molecular weight is 334 g/mol. The van der Waals surface area contributed by atoms with Crippen molar-refractivity contribution in [2.45, 2.75) is 25.4 Å². The molecule has 0 atom stereocenters. The molecule has 6 heteroatoms. The molecule has 0 aliphatic carbocycles. The fourth-order valence-electron chi connectivity index (χ4n) is 3.42. The fraction of sp³-hybridized carbons (Fsp3) is 0.316. The first-order valence-electron chi connectivity index (χ1n) is 8.75. The van der Waals surface area contributed by atoms with E-state index in [0.717, 1.165) is 25.2 Å². The number of benzene rings is 2. The zero-order valence-corrected chi connectivity index (χ0v) is 14.1. The van der Waals surface area contributed by atoms with Gasteiger partial charge in [-0.25, -0.2) is 5.10 Å². The number of tetrazole rings is 1. The predicted molar refractivity (Wildman–Crippen MR) is 98.1 cm³/mol. The van der Waals surface area contributed by atoms with Crippen molar-refractivity contribution in [2.24, 2.45) is 0 Å². The SMILES string of the molecule is c1ccc(CN(c2ccc(-c3nnn[nH]3)cc2)C2CCNCC2)cc1. The van der Waals surface area contributed by atoms with Gasteiger partial charge in [-0.3, -0.25) is 0 Å². The fourth-order valence-corrected chi connectivity index (χ4v) is 3.42. The molecular weight excluding hydrogens is 312 g/mol. The Morgan fingerprint density at radius 1 is 0.960 bits per heavy atom. The van der Waals surface area contributed by atoms with Crippen molar-refractivity contribution in [1.82, 2.24) is 25.9 Å².